The summed E-state index contributed by atoms with van der Waals surface area (Å²) >= 11 is 6.06. The number of halogens is 1. The van der Waals surface area contributed by atoms with Crippen molar-refractivity contribution in [1.82, 2.24) is 4.72 Å². The first kappa shape index (κ1) is 21.3. The van der Waals surface area contributed by atoms with Gasteiger partial charge in [-0.05, 0) is 42.8 Å². The third-order valence-corrected chi connectivity index (χ3v) is 6.18. The molecule has 5 nitrogen and oxygen atoms in total. The zero-order valence-electron chi connectivity index (χ0n) is 15.9. The van der Waals surface area contributed by atoms with E-state index in [0.717, 1.165) is 16.8 Å². The van der Waals surface area contributed by atoms with Crippen molar-refractivity contribution in [1.29, 1.82) is 0 Å². The standard InChI is InChI=1S/C22H23ClN2O3S/c1-16-10-12-20(13-11-16)29(27,28)24-15-21(26)22(17-6-3-2-4-7-17)25-19-9-5-8-18(23)14-19/h2-14,21-22,24-26H,15H2,1H3. The zero-order chi connectivity index (χ0) is 20.9. The molecule has 0 aliphatic rings. The maximum atomic E-state index is 12.5. The van der Waals surface area contributed by atoms with E-state index in [4.69, 9.17) is 11.6 Å². The lowest BCUT2D eigenvalue weighted by Crippen LogP contribution is -2.38. The van der Waals surface area contributed by atoms with Crippen LogP contribution in [0.1, 0.15) is 17.2 Å². The monoisotopic (exact) mass is 430 g/mol. The second kappa shape index (κ2) is 9.41. The van der Waals surface area contributed by atoms with Crippen LogP contribution in [0.25, 0.3) is 0 Å². The Morgan fingerprint density at radius 3 is 2.31 bits per heavy atom. The van der Waals surface area contributed by atoms with E-state index in [1.165, 1.54) is 0 Å². The van der Waals surface area contributed by atoms with Gasteiger partial charge in [0.15, 0.2) is 0 Å². The Labute approximate surface area is 176 Å². The van der Waals surface area contributed by atoms with E-state index < -0.39 is 22.2 Å². The lowest BCUT2D eigenvalue weighted by molar-refractivity contribution is 0.156. The highest BCUT2D eigenvalue weighted by Gasteiger charge is 2.24. The van der Waals surface area contributed by atoms with Gasteiger partial charge in [0.2, 0.25) is 10.0 Å². The Bertz CT molecular complexity index is 1040. The molecule has 7 heteroatoms. The van der Waals surface area contributed by atoms with E-state index >= 15 is 0 Å². The SMILES string of the molecule is Cc1ccc(S(=O)(=O)NCC(O)C(Nc2cccc(Cl)c2)c2ccccc2)cc1. The number of nitrogens with one attached hydrogen (secondary N) is 2. The summed E-state index contributed by atoms with van der Waals surface area (Å²) < 4.78 is 27.6. The predicted molar refractivity (Wildman–Crippen MR) is 117 cm³/mol. The molecule has 0 aromatic heterocycles. The maximum absolute atomic E-state index is 12.5. The van der Waals surface area contributed by atoms with Gasteiger partial charge >= 0.3 is 0 Å². The molecule has 3 aromatic carbocycles. The molecule has 152 valence electrons. The molecular formula is C22H23ClN2O3S. The number of rotatable bonds is 8. The molecule has 2 atom stereocenters. The van der Waals surface area contributed by atoms with Crippen LogP contribution in [0, 0.1) is 6.92 Å². The van der Waals surface area contributed by atoms with Crippen LogP contribution in [-0.4, -0.2) is 26.2 Å². The molecule has 0 saturated heterocycles. The number of aliphatic hydroxyl groups is 1. The van der Waals surface area contributed by atoms with Gasteiger partial charge in [-0.2, -0.15) is 0 Å². The van der Waals surface area contributed by atoms with Crippen LogP contribution in [0.2, 0.25) is 5.02 Å². The highest BCUT2D eigenvalue weighted by Crippen LogP contribution is 2.25. The Morgan fingerprint density at radius 2 is 1.66 bits per heavy atom. The molecule has 29 heavy (non-hydrogen) atoms. The van der Waals surface area contributed by atoms with Crippen molar-refractivity contribution in [3.05, 3.63) is 95.0 Å². The fourth-order valence-corrected chi connectivity index (χ4v) is 4.18. The topological polar surface area (TPSA) is 78.4 Å². The Kier molecular flexibility index (Phi) is 6.92. The number of benzene rings is 3. The van der Waals surface area contributed by atoms with E-state index in [1.807, 2.05) is 43.3 Å². The predicted octanol–water partition coefficient (Wildman–Crippen LogP) is 4.14. The lowest BCUT2D eigenvalue weighted by Gasteiger charge is -2.26. The smallest absolute Gasteiger partial charge is 0.240 e. The van der Waals surface area contributed by atoms with Crippen molar-refractivity contribution in [2.24, 2.45) is 0 Å². The highest BCUT2D eigenvalue weighted by atomic mass is 35.5. The second-order valence-electron chi connectivity index (χ2n) is 6.78. The molecule has 3 rings (SSSR count). The fourth-order valence-electron chi connectivity index (χ4n) is 2.93. The summed E-state index contributed by atoms with van der Waals surface area (Å²) in [6.07, 6.45) is -1.02. The minimum absolute atomic E-state index is 0.149. The maximum Gasteiger partial charge on any atom is 0.240 e. The molecule has 0 heterocycles. The first-order valence-corrected chi connectivity index (χ1v) is 11.0. The van der Waals surface area contributed by atoms with Crippen LogP contribution in [0.3, 0.4) is 0 Å². The van der Waals surface area contributed by atoms with Gasteiger partial charge in [0.1, 0.15) is 0 Å². The van der Waals surface area contributed by atoms with Crippen LogP contribution >= 0.6 is 11.6 Å². The van der Waals surface area contributed by atoms with E-state index in [-0.39, 0.29) is 11.4 Å². The van der Waals surface area contributed by atoms with Crippen molar-refractivity contribution in [3.8, 4) is 0 Å². The normalized spacial score (nSPS) is 13.6. The zero-order valence-corrected chi connectivity index (χ0v) is 17.5. The van der Waals surface area contributed by atoms with Gasteiger partial charge in [0, 0.05) is 17.3 Å². The number of aliphatic hydroxyl groups excluding tert-OH is 1. The van der Waals surface area contributed by atoms with Crippen LogP contribution in [0.15, 0.2) is 83.8 Å². The number of hydrogen-bond acceptors (Lipinski definition) is 4. The Hall–Kier alpha value is -2.38. The molecule has 0 aliphatic heterocycles. The van der Waals surface area contributed by atoms with Gasteiger partial charge < -0.3 is 10.4 Å². The minimum Gasteiger partial charge on any atom is -0.389 e. The van der Waals surface area contributed by atoms with E-state index in [2.05, 4.69) is 10.0 Å². The average molecular weight is 431 g/mol. The highest BCUT2D eigenvalue weighted by molar-refractivity contribution is 7.89. The molecule has 0 aliphatic carbocycles. The summed E-state index contributed by atoms with van der Waals surface area (Å²) in [7, 11) is -3.73. The lowest BCUT2D eigenvalue weighted by atomic mass is 10.0. The summed E-state index contributed by atoms with van der Waals surface area (Å²) in [6.45, 7) is 1.74. The van der Waals surface area contributed by atoms with Gasteiger partial charge in [0.25, 0.3) is 0 Å². The summed E-state index contributed by atoms with van der Waals surface area (Å²) in [5.41, 5.74) is 2.53. The summed E-state index contributed by atoms with van der Waals surface area (Å²) in [5, 5.41) is 14.6. The first-order chi connectivity index (χ1) is 13.8. The van der Waals surface area contributed by atoms with Crippen molar-refractivity contribution >= 4 is 27.3 Å². The molecule has 0 saturated carbocycles. The van der Waals surface area contributed by atoms with Crippen LogP contribution in [0.4, 0.5) is 5.69 Å². The van der Waals surface area contributed by atoms with Crippen molar-refractivity contribution in [2.45, 2.75) is 24.0 Å². The summed E-state index contributed by atoms with van der Waals surface area (Å²) in [6, 6.07) is 22.5. The molecule has 0 spiro atoms. The number of sulfonamides is 1. The molecule has 0 bridgehead atoms. The quantitative estimate of drug-likeness (QED) is 0.501. The van der Waals surface area contributed by atoms with Crippen LogP contribution in [0.5, 0.6) is 0 Å². The number of aryl methyl sites for hydroxylation is 1. The van der Waals surface area contributed by atoms with Gasteiger partial charge in [0.05, 0.1) is 17.0 Å². The molecule has 0 amide bonds. The fraction of sp³-hybridized carbons (Fsp3) is 0.182. The van der Waals surface area contributed by atoms with Gasteiger partial charge in [-0.15, -0.1) is 0 Å². The molecular weight excluding hydrogens is 408 g/mol. The van der Waals surface area contributed by atoms with Gasteiger partial charge in [-0.3, -0.25) is 0 Å². The molecule has 3 N–H and O–H groups in total. The summed E-state index contributed by atoms with van der Waals surface area (Å²) in [4.78, 5) is 0.161. The van der Waals surface area contributed by atoms with Gasteiger partial charge in [-0.1, -0.05) is 65.7 Å². The Morgan fingerprint density at radius 1 is 0.966 bits per heavy atom. The summed E-state index contributed by atoms with van der Waals surface area (Å²) in [5.74, 6) is 0. The minimum atomic E-state index is -3.73. The largest absolute Gasteiger partial charge is 0.389 e. The van der Waals surface area contributed by atoms with Gasteiger partial charge in [-0.25, -0.2) is 13.1 Å². The van der Waals surface area contributed by atoms with Crippen molar-refractivity contribution < 1.29 is 13.5 Å². The molecule has 2 unspecified atom stereocenters. The third kappa shape index (κ3) is 5.81. The molecule has 0 radical (unpaired) electrons. The van der Waals surface area contributed by atoms with E-state index in [0.29, 0.717) is 5.02 Å². The third-order valence-electron chi connectivity index (χ3n) is 4.50. The van der Waals surface area contributed by atoms with Crippen LogP contribution < -0.4 is 10.0 Å². The first-order valence-electron chi connectivity index (χ1n) is 9.16. The molecule has 0 fully saturated rings. The second-order valence-corrected chi connectivity index (χ2v) is 8.98. The number of hydrogen-bond donors (Lipinski definition) is 3. The Balaban J connectivity index is 1.77. The van der Waals surface area contributed by atoms with E-state index in [1.54, 1.807) is 42.5 Å². The average Bonchev–Trinajstić information content (AvgIpc) is 2.71. The van der Waals surface area contributed by atoms with Crippen molar-refractivity contribution in [3.63, 3.8) is 0 Å². The van der Waals surface area contributed by atoms with E-state index in [9.17, 15) is 13.5 Å². The molecule has 3 aromatic rings. The van der Waals surface area contributed by atoms with Crippen molar-refractivity contribution in [2.75, 3.05) is 11.9 Å². The van der Waals surface area contributed by atoms with Crippen LogP contribution in [-0.2, 0) is 10.0 Å². The number of anilines is 1.